The van der Waals surface area contributed by atoms with E-state index in [1.54, 1.807) is 43.8 Å². The first kappa shape index (κ1) is 34.8. The number of halogens is 2. The molecule has 0 atom stereocenters. The number of benzene rings is 1. The maximum atomic E-state index is 13.4. The molecule has 0 unspecified atom stereocenters. The average Bonchev–Trinajstić information content (AvgIpc) is 3.86. The Morgan fingerprint density at radius 3 is 2.60 bits per heavy atom. The van der Waals surface area contributed by atoms with Crippen LogP contribution >= 0.6 is 11.8 Å². The zero-order valence-corrected chi connectivity index (χ0v) is 27.7. The molecule has 3 aromatic heterocycles. The predicted octanol–water partition coefficient (Wildman–Crippen LogP) is 3.87. The molecule has 4 aromatic rings. The van der Waals surface area contributed by atoms with Gasteiger partial charge in [-0.2, -0.15) is 19.0 Å². The maximum absolute atomic E-state index is 13.4. The van der Waals surface area contributed by atoms with Crippen LogP contribution in [0, 0.1) is 5.92 Å². The summed E-state index contributed by atoms with van der Waals surface area (Å²) in [6.45, 7) is 1.65. The third-order valence-corrected chi connectivity index (χ3v) is 9.01. The molecule has 2 N–H and O–H groups in total. The second-order valence-corrected chi connectivity index (χ2v) is 12.3. The number of piperidine rings is 1. The number of thioether (sulfide) groups is 1. The van der Waals surface area contributed by atoms with Gasteiger partial charge in [-0.1, -0.05) is 0 Å². The molecule has 2 aliphatic heterocycles. The van der Waals surface area contributed by atoms with Gasteiger partial charge in [-0.05, 0) is 75.2 Å². The number of nitrogens with zero attached hydrogens (tertiary/aromatic N) is 7. The number of hydrogen-bond donors (Lipinski definition) is 2. The molecule has 13 nitrogen and oxygen atoms in total. The first-order valence-electron chi connectivity index (χ1n) is 15.7. The van der Waals surface area contributed by atoms with Crippen molar-refractivity contribution in [3.05, 3.63) is 54.6 Å². The number of anilines is 1. The van der Waals surface area contributed by atoms with Crippen LogP contribution in [-0.4, -0.2) is 105 Å². The first-order chi connectivity index (χ1) is 23.3. The van der Waals surface area contributed by atoms with E-state index in [-0.39, 0.29) is 40.7 Å². The minimum atomic E-state index is -3.06. The zero-order chi connectivity index (χ0) is 34.0. The molecule has 2 fully saturated rings. The van der Waals surface area contributed by atoms with E-state index >= 15 is 0 Å². The highest BCUT2D eigenvalue weighted by Gasteiger charge is 2.27. The molecular formula is C32H39F2N9O4S. The van der Waals surface area contributed by atoms with Crippen molar-refractivity contribution in [2.75, 3.05) is 51.3 Å². The number of nitrogens with one attached hydrogen (secondary N) is 2. The summed E-state index contributed by atoms with van der Waals surface area (Å²) in [7, 11) is 1.56. The van der Waals surface area contributed by atoms with Gasteiger partial charge in [-0.3, -0.25) is 19.1 Å². The molecule has 0 saturated carbocycles. The lowest BCUT2D eigenvalue weighted by Gasteiger charge is -2.33. The van der Waals surface area contributed by atoms with E-state index in [0.717, 1.165) is 37.4 Å². The SMILES string of the molecule is CNC=O.CSc1ccc(OC(F)F)c(-c2nn(CC(=O)N3CCC(CN4CCCC4)CC3)cc2NC(=O)c2cnn3cccnc23)c1. The van der Waals surface area contributed by atoms with Gasteiger partial charge < -0.3 is 25.2 Å². The van der Waals surface area contributed by atoms with E-state index in [0.29, 0.717) is 31.1 Å². The number of amides is 3. The summed E-state index contributed by atoms with van der Waals surface area (Å²) in [6.07, 6.45) is 13.1. The minimum Gasteiger partial charge on any atom is -0.434 e. The molecule has 48 heavy (non-hydrogen) atoms. The Kier molecular flexibility index (Phi) is 11.9. The Morgan fingerprint density at radius 2 is 1.92 bits per heavy atom. The first-order valence-corrected chi connectivity index (χ1v) is 16.9. The number of carbonyl (C=O) groups is 3. The van der Waals surface area contributed by atoms with Crippen molar-refractivity contribution in [3.8, 4) is 17.0 Å². The Hall–Kier alpha value is -4.57. The van der Waals surface area contributed by atoms with Crippen LogP contribution in [0.4, 0.5) is 14.5 Å². The molecule has 6 rings (SSSR count). The van der Waals surface area contributed by atoms with Crippen LogP contribution in [0.3, 0.4) is 0 Å². The number of aromatic nitrogens is 5. The molecule has 0 spiro atoms. The second kappa shape index (κ2) is 16.5. The van der Waals surface area contributed by atoms with Crippen LogP contribution in [0.25, 0.3) is 16.9 Å². The van der Waals surface area contributed by atoms with Crippen molar-refractivity contribution < 1.29 is 27.9 Å². The van der Waals surface area contributed by atoms with Crippen molar-refractivity contribution in [1.82, 2.24) is 39.5 Å². The van der Waals surface area contributed by atoms with Gasteiger partial charge in [0.1, 0.15) is 23.6 Å². The van der Waals surface area contributed by atoms with Gasteiger partial charge in [0.25, 0.3) is 5.91 Å². The Labute approximate surface area is 281 Å². The summed E-state index contributed by atoms with van der Waals surface area (Å²) in [5, 5.41) is 13.9. The van der Waals surface area contributed by atoms with Gasteiger partial charge in [-0.15, -0.1) is 11.8 Å². The van der Waals surface area contributed by atoms with Crippen LogP contribution < -0.4 is 15.4 Å². The topological polar surface area (TPSA) is 139 Å². The third kappa shape index (κ3) is 8.66. The van der Waals surface area contributed by atoms with Crippen molar-refractivity contribution in [2.45, 2.75) is 43.7 Å². The van der Waals surface area contributed by atoms with Gasteiger partial charge in [0.05, 0.1) is 11.9 Å². The van der Waals surface area contributed by atoms with E-state index in [1.165, 1.54) is 46.1 Å². The lowest BCUT2D eigenvalue weighted by Crippen LogP contribution is -2.42. The fourth-order valence-corrected chi connectivity index (χ4v) is 6.36. The summed E-state index contributed by atoms with van der Waals surface area (Å²) in [5.41, 5.74) is 1.28. The summed E-state index contributed by atoms with van der Waals surface area (Å²) in [5.74, 6) is -0.113. The molecule has 256 valence electrons. The van der Waals surface area contributed by atoms with Crippen molar-refractivity contribution in [2.24, 2.45) is 5.92 Å². The normalized spacial score (nSPS) is 15.3. The Balaban J connectivity index is 0.00000107. The number of hydrogen-bond acceptors (Lipinski definition) is 9. The number of ether oxygens (including phenoxy) is 1. The van der Waals surface area contributed by atoms with E-state index in [9.17, 15) is 18.4 Å². The second-order valence-electron chi connectivity index (χ2n) is 11.5. The molecule has 0 bridgehead atoms. The molecular weight excluding hydrogens is 644 g/mol. The fraction of sp³-hybridized carbons (Fsp3) is 0.438. The van der Waals surface area contributed by atoms with Gasteiger partial charge in [0.15, 0.2) is 5.65 Å². The highest BCUT2D eigenvalue weighted by Crippen LogP contribution is 2.38. The number of carbonyl (C=O) groups excluding carboxylic acids is 3. The zero-order valence-electron chi connectivity index (χ0n) is 26.8. The summed E-state index contributed by atoms with van der Waals surface area (Å²) in [4.78, 5) is 45.2. The standard InChI is InChI=1S/C30H34F2N8O3S.C2H5NO/c1-44-21-5-6-25(43-30(31)32)22(15-21)27-24(35-29(42)23-16-34-40-12-4-9-33-28(23)40)18-39(36-27)19-26(41)38-13-7-20(8-14-38)17-37-10-2-3-11-37;1-3-2-4/h4-6,9,12,15-16,18,20,30H,2-3,7-8,10-11,13-14,17,19H2,1H3,(H,35,42);2H,1H3,(H,3,4). The third-order valence-electron chi connectivity index (χ3n) is 8.29. The van der Waals surface area contributed by atoms with Gasteiger partial charge >= 0.3 is 6.61 Å². The lowest BCUT2D eigenvalue weighted by atomic mass is 9.96. The number of alkyl halides is 2. The number of fused-ring (bicyclic) bond motifs is 1. The molecule has 1 aromatic carbocycles. The van der Waals surface area contributed by atoms with Crippen LogP contribution in [-0.2, 0) is 16.1 Å². The number of rotatable bonds is 11. The summed E-state index contributed by atoms with van der Waals surface area (Å²) >= 11 is 1.42. The molecule has 2 aliphatic rings. The number of likely N-dealkylation sites (tertiary alicyclic amines) is 2. The monoisotopic (exact) mass is 683 g/mol. The largest absolute Gasteiger partial charge is 0.434 e. The predicted molar refractivity (Wildman–Crippen MR) is 177 cm³/mol. The van der Waals surface area contributed by atoms with Gasteiger partial charge in [0, 0.05) is 55.7 Å². The van der Waals surface area contributed by atoms with Crippen molar-refractivity contribution in [1.29, 1.82) is 0 Å². The highest BCUT2D eigenvalue weighted by atomic mass is 32.2. The Morgan fingerprint density at radius 1 is 1.17 bits per heavy atom. The fourth-order valence-electron chi connectivity index (χ4n) is 5.92. The lowest BCUT2D eigenvalue weighted by molar-refractivity contribution is -0.133. The van der Waals surface area contributed by atoms with Crippen LogP contribution in [0.15, 0.2) is 53.9 Å². The van der Waals surface area contributed by atoms with Crippen LogP contribution in [0.1, 0.15) is 36.0 Å². The van der Waals surface area contributed by atoms with Crippen molar-refractivity contribution >= 4 is 41.3 Å². The highest BCUT2D eigenvalue weighted by molar-refractivity contribution is 7.98. The van der Waals surface area contributed by atoms with E-state index < -0.39 is 12.5 Å². The average molecular weight is 684 g/mol. The van der Waals surface area contributed by atoms with Gasteiger partial charge in [-0.25, -0.2) is 9.50 Å². The summed E-state index contributed by atoms with van der Waals surface area (Å²) in [6, 6.07) is 6.49. The van der Waals surface area contributed by atoms with Crippen molar-refractivity contribution in [3.63, 3.8) is 0 Å². The van der Waals surface area contributed by atoms with Gasteiger partial charge in [0.2, 0.25) is 12.3 Å². The van der Waals surface area contributed by atoms with Crippen LogP contribution in [0.2, 0.25) is 0 Å². The summed E-state index contributed by atoms with van der Waals surface area (Å²) < 4.78 is 34.5. The van der Waals surface area contributed by atoms with Crippen LogP contribution in [0.5, 0.6) is 5.75 Å². The molecule has 16 heteroatoms. The van der Waals surface area contributed by atoms with E-state index in [2.05, 4.69) is 30.7 Å². The Bertz CT molecular complexity index is 1700. The molecule has 5 heterocycles. The molecule has 0 radical (unpaired) electrons. The molecule has 3 amide bonds. The maximum Gasteiger partial charge on any atom is 0.387 e. The van der Waals surface area contributed by atoms with E-state index in [4.69, 9.17) is 9.53 Å². The smallest absolute Gasteiger partial charge is 0.387 e. The van der Waals surface area contributed by atoms with E-state index in [1.807, 2.05) is 11.2 Å². The minimum absolute atomic E-state index is 0.0643. The molecule has 2 saturated heterocycles. The quantitative estimate of drug-likeness (QED) is 0.178. The molecule has 0 aliphatic carbocycles.